The molecule has 0 saturated heterocycles. The molecule has 0 aliphatic carbocycles. The molecule has 98 valence electrons. The van der Waals surface area contributed by atoms with E-state index in [9.17, 15) is 10.1 Å². The Kier molecular flexibility index (Phi) is 2.31. The fourth-order valence-corrected chi connectivity index (χ4v) is 2.09. The summed E-state index contributed by atoms with van der Waals surface area (Å²) in [7, 11) is 0. The molecule has 1 aromatic carbocycles. The van der Waals surface area contributed by atoms with Gasteiger partial charge in [-0.3, -0.25) is 10.1 Å². The van der Waals surface area contributed by atoms with E-state index in [0.717, 1.165) is 0 Å². The van der Waals surface area contributed by atoms with Gasteiger partial charge in [0.1, 0.15) is 5.52 Å². The zero-order chi connectivity index (χ0) is 13.6. The van der Waals surface area contributed by atoms with E-state index in [1.165, 1.54) is 0 Å². The van der Waals surface area contributed by atoms with Crippen molar-refractivity contribution in [2.45, 2.75) is 25.5 Å². The van der Waals surface area contributed by atoms with Gasteiger partial charge in [-0.15, -0.1) is 0 Å². The summed E-state index contributed by atoms with van der Waals surface area (Å²) in [5.74, 6) is 0.133. The molecule has 7 heteroatoms. The average molecular weight is 261 g/mol. The van der Waals surface area contributed by atoms with Crippen LogP contribution in [0.25, 0.3) is 11.1 Å². The second-order valence-corrected chi connectivity index (χ2v) is 4.85. The lowest BCUT2D eigenvalue weighted by atomic mass is 9.96. The molecule has 0 radical (unpaired) electrons. The Bertz CT molecular complexity index is 656. The van der Waals surface area contributed by atoms with Crippen molar-refractivity contribution in [2.24, 2.45) is 5.16 Å². The first-order valence-corrected chi connectivity index (χ1v) is 5.74. The Morgan fingerprint density at radius 3 is 2.79 bits per heavy atom. The number of nitro groups is 1. The van der Waals surface area contributed by atoms with Crippen LogP contribution in [-0.2, 0) is 4.84 Å². The molecule has 1 atom stereocenters. The molecule has 1 aromatic heterocycles. The summed E-state index contributed by atoms with van der Waals surface area (Å²) in [4.78, 5) is 20.1. The van der Waals surface area contributed by atoms with Gasteiger partial charge in [-0.1, -0.05) is 17.3 Å². The third-order valence-electron chi connectivity index (χ3n) is 3.02. The van der Waals surface area contributed by atoms with Gasteiger partial charge in [-0.2, -0.15) is 0 Å². The highest BCUT2D eigenvalue weighted by atomic mass is 16.7. The highest BCUT2D eigenvalue weighted by molar-refractivity contribution is 6.02. The maximum absolute atomic E-state index is 11.2. The Balaban J connectivity index is 2.08. The van der Waals surface area contributed by atoms with E-state index in [0.29, 0.717) is 11.1 Å². The minimum absolute atomic E-state index is 0.117. The quantitative estimate of drug-likeness (QED) is 0.609. The molecular weight excluding hydrogens is 250 g/mol. The maximum Gasteiger partial charge on any atom is 0.304 e. The van der Waals surface area contributed by atoms with Gasteiger partial charge in [-0.05, 0) is 26.0 Å². The van der Waals surface area contributed by atoms with Crippen molar-refractivity contribution in [3.63, 3.8) is 0 Å². The molecule has 7 nitrogen and oxygen atoms in total. The van der Waals surface area contributed by atoms with Crippen molar-refractivity contribution in [1.29, 1.82) is 0 Å². The van der Waals surface area contributed by atoms with Crippen LogP contribution in [0.1, 0.15) is 19.7 Å². The lowest BCUT2D eigenvalue weighted by Crippen LogP contribution is -2.44. The number of fused-ring (bicyclic) bond motifs is 1. The lowest BCUT2D eigenvalue weighted by molar-refractivity contribution is -0.519. The monoisotopic (exact) mass is 261 g/mol. The summed E-state index contributed by atoms with van der Waals surface area (Å²) in [6, 6.07) is 6.04. The van der Waals surface area contributed by atoms with Crippen LogP contribution in [0, 0.1) is 10.1 Å². The van der Waals surface area contributed by atoms with Crippen molar-refractivity contribution < 1.29 is 14.2 Å². The zero-order valence-electron chi connectivity index (χ0n) is 10.4. The Morgan fingerprint density at radius 1 is 1.37 bits per heavy atom. The lowest BCUT2D eigenvalue weighted by Gasteiger charge is -2.17. The highest BCUT2D eigenvalue weighted by Crippen LogP contribution is 2.29. The van der Waals surface area contributed by atoms with Gasteiger partial charge in [0.15, 0.2) is 5.58 Å². The van der Waals surface area contributed by atoms with Crippen LogP contribution >= 0.6 is 0 Å². The summed E-state index contributed by atoms with van der Waals surface area (Å²) in [6.07, 6.45) is 0. The van der Waals surface area contributed by atoms with Crippen LogP contribution in [0.4, 0.5) is 0 Å². The van der Waals surface area contributed by atoms with Crippen LogP contribution in [-0.4, -0.2) is 27.3 Å². The molecule has 2 aromatic rings. The normalized spacial score (nSPS) is 21.2. The molecule has 0 bridgehead atoms. The van der Waals surface area contributed by atoms with Gasteiger partial charge in [-0.25, -0.2) is 4.98 Å². The SMILES string of the molecule is CC1(C)ON=C(c2nc3ccccc3o2)C1[N+](=O)[O-]. The van der Waals surface area contributed by atoms with Crippen molar-refractivity contribution in [2.75, 3.05) is 0 Å². The van der Waals surface area contributed by atoms with Crippen LogP contribution in [0.2, 0.25) is 0 Å². The molecule has 2 heterocycles. The molecule has 19 heavy (non-hydrogen) atoms. The first-order valence-electron chi connectivity index (χ1n) is 5.74. The first kappa shape index (κ1) is 11.6. The largest absolute Gasteiger partial charge is 0.435 e. The van der Waals surface area contributed by atoms with Crippen LogP contribution in [0.15, 0.2) is 33.8 Å². The fraction of sp³-hybridized carbons (Fsp3) is 0.333. The van der Waals surface area contributed by atoms with Gasteiger partial charge in [0, 0.05) is 4.92 Å². The van der Waals surface area contributed by atoms with Crippen molar-refractivity contribution in [1.82, 2.24) is 4.98 Å². The van der Waals surface area contributed by atoms with E-state index in [2.05, 4.69) is 10.1 Å². The van der Waals surface area contributed by atoms with Gasteiger partial charge >= 0.3 is 6.04 Å². The summed E-state index contributed by atoms with van der Waals surface area (Å²) in [6.45, 7) is 3.22. The standard InChI is InChI=1S/C12H11N3O4/c1-12(2)10(15(16)17)9(14-19-12)11-13-7-5-3-4-6-8(7)18-11/h3-6,10H,1-2H3. The third-order valence-corrected chi connectivity index (χ3v) is 3.02. The molecule has 0 saturated carbocycles. The molecule has 0 N–H and O–H groups in total. The number of para-hydroxylation sites is 2. The summed E-state index contributed by atoms with van der Waals surface area (Å²) in [5, 5.41) is 15.0. The van der Waals surface area contributed by atoms with Crippen molar-refractivity contribution in [3.05, 3.63) is 40.3 Å². The number of benzene rings is 1. The second-order valence-electron chi connectivity index (χ2n) is 4.85. The van der Waals surface area contributed by atoms with E-state index >= 15 is 0 Å². The fourth-order valence-electron chi connectivity index (χ4n) is 2.09. The van der Waals surface area contributed by atoms with Gasteiger partial charge in [0.2, 0.25) is 11.3 Å². The van der Waals surface area contributed by atoms with Crippen LogP contribution in [0.5, 0.6) is 0 Å². The van der Waals surface area contributed by atoms with E-state index in [1.807, 2.05) is 6.07 Å². The topological polar surface area (TPSA) is 90.8 Å². The maximum atomic E-state index is 11.2. The van der Waals surface area contributed by atoms with E-state index in [4.69, 9.17) is 9.25 Å². The van der Waals surface area contributed by atoms with Gasteiger partial charge < -0.3 is 9.25 Å². The molecule has 1 aliphatic heterocycles. The summed E-state index contributed by atoms with van der Waals surface area (Å²) < 4.78 is 5.50. The Hall–Kier alpha value is -2.44. The third kappa shape index (κ3) is 1.74. The number of aromatic nitrogens is 1. The molecule has 0 spiro atoms. The molecule has 0 amide bonds. The number of oxime groups is 1. The summed E-state index contributed by atoms with van der Waals surface area (Å²) >= 11 is 0. The van der Waals surface area contributed by atoms with Gasteiger partial charge in [0.05, 0.1) is 0 Å². The average Bonchev–Trinajstić information content (AvgIpc) is 2.88. The summed E-state index contributed by atoms with van der Waals surface area (Å²) in [5.41, 5.74) is 0.296. The van der Waals surface area contributed by atoms with Crippen LogP contribution < -0.4 is 0 Å². The smallest absolute Gasteiger partial charge is 0.304 e. The molecule has 3 rings (SSSR count). The predicted octanol–water partition coefficient (Wildman–Crippen LogP) is 1.99. The van der Waals surface area contributed by atoms with E-state index in [-0.39, 0.29) is 11.6 Å². The first-order chi connectivity index (χ1) is 8.99. The number of oxazole rings is 1. The number of nitrogens with zero attached hydrogens (tertiary/aromatic N) is 3. The van der Waals surface area contributed by atoms with E-state index < -0.39 is 16.6 Å². The zero-order valence-corrected chi connectivity index (χ0v) is 10.4. The van der Waals surface area contributed by atoms with Crippen molar-refractivity contribution >= 4 is 16.8 Å². The predicted molar refractivity (Wildman–Crippen MR) is 66.5 cm³/mol. The molecule has 1 aliphatic rings. The molecule has 0 fully saturated rings. The van der Waals surface area contributed by atoms with E-state index in [1.54, 1.807) is 32.0 Å². The Morgan fingerprint density at radius 2 is 2.11 bits per heavy atom. The number of hydrogen-bond donors (Lipinski definition) is 0. The number of hydrogen-bond acceptors (Lipinski definition) is 6. The highest BCUT2D eigenvalue weighted by Gasteiger charge is 2.53. The molecular formula is C12H11N3O4. The minimum atomic E-state index is -1.10. The van der Waals surface area contributed by atoms with Crippen LogP contribution in [0.3, 0.4) is 0 Å². The second kappa shape index (κ2) is 3.78. The number of rotatable bonds is 2. The Labute approximate surface area is 108 Å². The van der Waals surface area contributed by atoms with Crippen molar-refractivity contribution in [3.8, 4) is 0 Å². The molecule has 1 unspecified atom stereocenters. The van der Waals surface area contributed by atoms with Gasteiger partial charge in [0.25, 0.3) is 5.89 Å². The minimum Gasteiger partial charge on any atom is -0.435 e.